The molecular formula is C44H46N6O5S. The fourth-order valence-corrected chi connectivity index (χ4v) is 8.19. The third-order valence-electron chi connectivity index (χ3n) is 10.3. The number of benzene rings is 3. The SMILES string of the molecule is Cc1c(-c2ccc(N3CCc4cccc(C(=O)Nc5nc6ccccc6s5)c4C3)nc2C(=O)OC(C)(C)C)cnn1Cc1ccccc1OCC1CCOCC1. The number of amides is 1. The first kappa shape index (κ1) is 37.3. The lowest BCUT2D eigenvalue weighted by molar-refractivity contribution is 0.00637. The number of thiazole rings is 1. The van der Waals surface area contributed by atoms with Crippen molar-refractivity contribution in [2.45, 2.75) is 65.6 Å². The molecule has 1 saturated heterocycles. The molecule has 12 heteroatoms. The molecule has 0 unspecified atom stereocenters. The highest BCUT2D eigenvalue weighted by Gasteiger charge is 2.28. The average molecular weight is 771 g/mol. The fraction of sp³-hybridized carbons (Fsp3) is 0.341. The van der Waals surface area contributed by atoms with Crippen molar-refractivity contribution in [3.05, 3.63) is 119 Å². The van der Waals surface area contributed by atoms with Gasteiger partial charge in [0.15, 0.2) is 10.8 Å². The van der Waals surface area contributed by atoms with E-state index in [0.29, 0.717) is 54.2 Å². The van der Waals surface area contributed by atoms with Gasteiger partial charge in [-0.05, 0) is 100 Å². The Kier molecular flexibility index (Phi) is 10.6. The highest BCUT2D eigenvalue weighted by Crippen LogP contribution is 2.34. The first-order chi connectivity index (χ1) is 27.1. The van der Waals surface area contributed by atoms with Gasteiger partial charge in [-0.3, -0.25) is 14.8 Å². The number of rotatable bonds is 10. The molecule has 0 saturated carbocycles. The van der Waals surface area contributed by atoms with E-state index in [1.54, 1.807) is 6.20 Å². The predicted octanol–water partition coefficient (Wildman–Crippen LogP) is 8.49. The molecule has 5 heterocycles. The lowest BCUT2D eigenvalue weighted by Crippen LogP contribution is -2.33. The Morgan fingerprint density at radius 2 is 1.75 bits per heavy atom. The van der Waals surface area contributed by atoms with Gasteiger partial charge in [0.1, 0.15) is 17.2 Å². The molecule has 0 aliphatic carbocycles. The van der Waals surface area contributed by atoms with E-state index in [1.165, 1.54) is 11.3 Å². The Balaban J connectivity index is 1.05. The van der Waals surface area contributed by atoms with Crippen molar-refractivity contribution < 1.29 is 23.8 Å². The summed E-state index contributed by atoms with van der Waals surface area (Å²) in [4.78, 5) is 39.3. The Labute approximate surface area is 330 Å². The van der Waals surface area contributed by atoms with Crippen LogP contribution in [0.2, 0.25) is 0 Å². The van der Waals surface area contributed by atoms with E-state index in [4.69, 9.17) is 24.3 Å². The van der Waals surface area contributed by atoms with Crippen LogP contribution in [0.4, 0.5) is 10.9 Å². The molecule has 2 aliphatic rings. The number of hydrogen-bond donors (Lipinski definition) is 1. The van der Waals surface area contributed by atoms with Crippen molar-refractivity contribution in [2.24, 2.45) is 5.92 Å². The number of carbonyl (C=O) groups is 2. The van der Waals surface area contributed by atoms with Gasteiger partial charge in [0.2, 0.25) is 0 Å². The van der Waals surface area contributed by atoms with Crippen LogP contribution in [0.3, 0.4) is 0 Å². The molecule has 1 fully saturated rings. The number of pyridine rings is 1. The monoisotopic (exact) mass is 770 g/mol. The molecule has 1 N–H and O–H groups in total. The number of para-hydroxylation sites is 2. The number of anilines is 2. The summed E-state index contributed by atoms with van der Waals surface area (Å²) in [6.07, 6.45) is 4.52. The van der Waals surface area contributed by atoms with E-state index in [0.717, 1.165) is 76.4 Å². The van der Waals surface area contributed by atoms with Crippen LogP contribution in [0.25, 0.3) is 21.3 Å². The van der Waals surface area contributed by atoms with Gasteiger partial charge in [0.05, 0.1) is 29.6 Å². The minimum absolute atomic E-state index is 0.207. The molecule has 56 heavy (non-hydrogen) atoms. The third-order valence-corrected chi connectivity index (χ3v) is 11.3. The smallest absolute Gasteiger partial charge is 0.358 e. The maximum Gasteiger partial charge on any atom is 0.358 e. The third kappa shape index (κ3) is 8.17. The summed E-state index contributed by atoms with van der Waals surface area (Å²) in [6, 6.07) is 25.6. The summed E-state index contributed by atoms with van der Waals surface area (Å²) in [6.45, 7) is 11.4. The van der Waals surface area contributed by atoms with E-state index < -0.39 is 11.6 Å². The Morgan fingerprint density at radius 3 is 2.57 bits per heavy atom. The molecule has 2 aliphatic heterocycles. The van der Waals surface area contributed by atoms with Crippen LogP contribution >= 0.6 is 11.3 Å². The van der Waals surface area contributed by atoms with Crippen molar-refractivity contribution in [1.29, 1.82) is 0 Å². The van der Waals surface area contributed by atoms with Crippen LogP contribution in [-0.2, 0) is 29.0 Å². The van der Waals surface area contributed by atoms with E-state index >= 15 is 0 Å². The first-order valence-electron chi connectivity index (χ1n) is 19.2. The molecule has 288 valence electrons. The standard InChI is InChI=1S/C44H46N6O5S/c1-28-34(24-45-50(28)25-31-10-5-7-14-37(31)54-27-29-19-22-53-23-20-29)32-16-17-39(47-40(32)42(52)55-44(2,3)4)49-21-18-30-11-9-12-33(35(30)26-49)41(51)48-43-46-36-13-6-8-15-38(36)56-43/h5-17,24,29H,18-23,25-27H2,1-4H3,(H,46,48,51). The van der Waals surface area contributed by atoms with Crippen LogP contribution in [0.15, 0.2) is 85.1 Å². The van der Waals surface area contributed by atoms with Crippen molar-refractivity contribution in [3.63, 3.8) is 0 Å². The predicted molar refractivity (Wildman–Crippen MR) is 219 cm³/mol. The van der Waals surface area contributed by atoms with Crippen LogP contribution in [0, 0.1) is 12.8 Å². The molecule has 3 aromatic heterocycles. The van der Waals surface area contributed by atoms with Crippen LogP contribution in [0.5, 0.6) is 5.75 Å². The average Bonchev–Trinajstić information content (AvgIpc) is 3.78. The minimum Gasteiger partial charge on any atom is -0.493 e. The summed E-state index contributed by atoms with van der Waals surface area (Å²) in [7, 11) is 0. The second-order valence-electron chi connectivity index (χ2n) is 15.4. The Bertz CT molecular complexity index is 2360. The van der Waals surface area contributed by atoms with Crippen LogP contribution in [0.1, 0.15) is 76.8 Å². The van der Waals surface area contributed by atoms with E-state index in [9.17, 15) is 9.59 Å². The Hall–Kier alpha value is -5.59. The zero-order valence-electron chi connectivity index (χ0n) is 32.2. The highest BCUT2D eigenvalue weighted by atomic mass is 32.1. The molecular weight excluding hydrogens is 725 g/mol. The number of carbonyl (C=O) groups excluding carboxylic acids is 2. The summed E-state index contributed by atoms with van der Waals surface area (Å²) < 4.78 is 20.7. The van der Waals surface area contributed by atoms with E-state index in [2.05, 4.69) is 27.3 Å². The van der Waals surface area contributed by atoms with Gasteiger partial charge in [-0.1, -0.05) is 53.8 Å². The normalized spacial score (nSPS) is 14.8. The number of hydrogen-bond acceptors (Lipinski definition) is 10. The second kappa shape index (κ2) is 15.9. The number of ether oxygens (including phenoxy) is 3. The number of nitrogens with one attached hydrogen (secondary N) is 1. The zero-order chi connectivity index (χ0) is 38.8. The summed E-state index contributed by atoms with van der Waals surface area (Å²) in [5, 5.41) is 8.35. The van der Waals surface area contributed by atoms with Crippen molar-refractivity contribution in [3.8, 4) is 16.9 Å². The lowest BCUT2D eigenvalue weighted by Gasteiger charge is -2.31. The summed E-state index contributed by atoms with van der Waals surface area (Å²) in [5.41, 5.74) is 6.32. The topological polar surface area (TPSA) is 121 Å². The molecule has 0 radical (unpaired) electrons. The number of nitrogens with zero attached hydrogens (tertiary/aromatic N) is 5. The molecule has 11 nitrogen and oxygen atoms in total. The van der Waals surface area contributed by atoms with Gasteiger partial charge in [0.25, 0.3) is 5.91 Å². The van der Waals surface area contributed by atoms with Crippen molar-refractivity contribution in [2.75, 3.05) is 36.6 Å². The fourth-order valence-electron chi connectivity index (χ4n) is 7.33. The van der Waals surface area contributed by atoms with E-state index in [-0.39, 0.29) is 11.6 Å². The Morgan fingerprint density at radius 1 is 0.946 bits per heavy atom. The van der Waals surface area contributed by atoms with Gasteiger partial charge in [-0.15, -0.1) is 0 Å². The molecule has 6 aromatic rings. The van der Waals surface area contributed by atoms with Crippen molar-refractivity contribution >= 4 is 44.4 Å². The lowest BCUT2D eigenvalue weighted by atomic mass is 9.94. The molecule has 1 amide bonds. The number of aromatic nitrogens is 4. The molecule has 0 atom stereocenters. The minimum atomic E-state index is -0.727. The van der Waals surface area contributed by atoms with Gasteiger partial charge >= 0.3 is 5.97 Å². The van der Waals surface area contributed by atoms with E-state index in [1.807, 2.05) is 99.1 Å². The quantitative estimate of drug-likeness (QED) is 0.137. The van der Waals surface area contributed by atoms with Crippen LogP contribution < -0.4 is 15.0 Å². The molecule has 3 aromatic carbocycles. The van der Waals surface area contributed by atoms with Gasteiger partial charge in [0, 0.05) is 54.3 Å². The number of esters is 1. The van der Waals surface area contributed by atoms with Gasteiger partial charge in [-0.25, -0.2) is 14.8 Å². The highest BCUT2D eigenvalue weighted by molar-refractivity contribution is 7.22. The van der Waals surface area contributed by atoms with Crippen LogP contribution in [-0.4, -0.2) is 63.6 Å². The summed E-state index contributed by atoms with van der Waals surface area (Å²) >= 11 is 1.45. The van der Waals surface area contributed by atoms with Gasteiger partial charge < -0.3 is 19.1 Å². The van der Waals surface area contributed by atoms with Crippen molar-refractivity contribution in [1.82, 2.24) is 19.7 Å². The maximum atomic E-state index is 13.9. The summed E-state index contributed by atoms with van der Waals surface area (Å²) in [5.74, 6) is 1.23. The number of fused-ring (bicyclic) bond motifs is 2. The molecule has 8 rings (SSSR count). The zero-order valence-corrected chi connectivity index (χ0v) is 33.0. The largest absolute Gasteiger partial charge is 0.493 e. The first-order valence-corrected chi connectivity index (χ1v) is 20.0. The molecule has 0 bridgehead atoms. The maximum absolute atomic E-state index is 13.9. The van der Waals surface area contributed by atoms with Gasteiger partial charge in [-0.2, -0.15) is 5.10 Å². The molecule has 0 spiro atoms. The second-order valence-corrected chi connectivity index (χ2v) is 16.4.